The first-order valence-corrected chi connectivity index (χ1v) is 21.2. The van der Waals surface area contributed by atoms with Crippen molar-refractivity contribution in [3.63, 3.8) is 0 Å². The molecule has 16 heteroatoms. The molecule has 16 nitrogen and oxygen atoms in total. The van der Waals surface area contributed by atoms with Crippen molar-refractivity contribution in [3.8, 4) is 34.2 Å². The van der Waals surface area contributed by atoms with Gasteiger partial charge in [-0.2, -0.15) is 10.2 Å². The minimum Gasteiger partial charge on any atom is -0.395 e. The van der Waals surface area contributed by atoms with Crippen molar-refractivity contribution in [1.29, 1.82) is 0 Å². The number of aromatic amines is 2. The Bertz CT molecular complexity index is 2770. The molecule has 2 fully saturated rings. The Morgan fingerprint density at radius 2 is 1.23 bits per heavy atom. The largest absolute Gasteiger partial charge is 0.395 e. The number of aromatic nitrogens is 10. The summed E-state index contributed by atoms with van der Waals surface area (Å²) < 4.78 is 8.85. The van der Waals surface area contributed by atoms with E-state index in [1.54, 1.807) is 16.5 Å². The minimum atomic E-state index is -0.146. The van der Waals surface area contributed by atoms with Crippen molar-refractivity contribution in [2.24, 2.45) is 0 Å². The Kier molecular flexibility index (Phi) is 11.9. The van der Waals surface area contributed by atoms with E-state index in [4.69, 9.17) is 4.74 Å². The highest BCUT2D eigenvalue weighted by atomic mass is 16.5. The molecule has 316 valence electrons. The highest BCUT2D eigenvalue weighted by Crippen LogP contribution is 2.28. The molecule has 8 aromatic rings. The number of H-pyrrole nitrogens is 2. The second kappa shape index (κ2) is 18.3. The molecule has 1 aliphatic heterocycles. The summed E-state index contributed by atoms with van der Waals surface area (Å²) in [5.41, 5.74) is 7.68. The lowest BCUT2D eigenvalue weighted by atomic mass is 9.93. The quantitative estimate of drug-likeness (QED) is 0.130. The van der Waals surface area contributed by atoms with Crippen molar-refractivity contribution in [3.05, 3.63) is 121 Å². The molecule has 1 atom stereocenters. The van der Waals surface area contributed by atoms with Crippen molar-refractivity contribution < 1.29 is 19.4 Å². The second-order valence-electron chi connectivity index (χ2n) is 15.6. The third-order valence-corrected chi connectivity index (χ3v) is 11.8. The number of benzene rings is 4. The fourth-order valence-corrected chi connectivity index (χ4v) is 8.49. The SMILES string of the molecule is COC1CCCCN1C(=O)c1ccc(-n2cc(-c3n[nH]c4ccccc34)nn2)cc1.O=C(c1ccc(-n2cc(-c3n[nH]c4ccccc34)nn2)cc1)N(CCO)C1CCCCC1. The number of nitrogens with one attached hydrogen (secondary N) is 2. The number of amides is 2. The van der Waals surface area contributed by atoms with Crippen LogP contribution in [0.2, 0.25) is 0 Å². The summed E-state index contributed by atoms with van der Waals surface area (Å²) in [6.07, 6.45) is 12.0. The number of hydrogen-bond acceptors (Lipinski definition) is 10. The van der Waals surface area contributed by atoms with Gasteiger partial charge in [0.1, 0.15) is 29.0 Å². The molecule has 1 aliphatic carbocycles. The maximum atomic E-state index is 13.1. The molecule has 10 rings (SSSR count). The average molecular weight is 833 g/mol. The van der Waals surface area contributed by atoms with Crippen LogP contribution in [0.5, 0.6) is 0 Å². The number of likely N-dealkylation sites (tertiary alicyclic amines) is 1. The molecular weight excluding hydrogens is 785 g/mol. The fourth-order valence-electron chi connectivity index (χ4n) is 8.49. The predicted octanol–water partition coefficient (Wildman–Crippen LogP) is 6.99. The number of ether oxygens (including phenoxy) is 1. The van der Waals surface area contributed by atoms with Gasteiger partial charge in [-0.3, -0.25) is 19.8 Å². The van der Waals surface area contributed by atoms with E-state index in [1.165, 1.54) is 6.42 Å². The van der Waals surface area contributed by atoms with Gasteiger partial charge in [-0.1, -0.05) is 66.1 Å². The second-order valence-corrected chi connectivity index (χ2v) is 15.6. The Morgan fingerprint density at radius 3 is 1.77 bits per heavy atom. The summed E-state index contributed by atoms with van der Waals surface area (Å²) in [7, 11) is 1.66. The molecular formula is C46H48N12O4. The number of aliphatic hydroxyl groups excluding tert-OH is 1. The van der Waals surface area contributed by atoms with E-state index in [9.17, 15) is 14.7 Å². The first kappa shape index (κ1) is 40.4. The lowest BCUT2D eigenvalue weighted by molar-refractivity contribution is -0.0397. The standard InChI is InChI=1S/C24H26N6O2.C22H22N6O2/c31-15-14-29(18-6-2-1-3-7-18)24(32)17-10-12-19(13-11-17)30-16-22(26-28-30)23-20-8-4-5-9-21(20)25-27-23;1-30-20-8-4-5-13-27(20)22(29)15-9-11-16(12-10-15)28-14-19(24-26-28)21-17-6-2-3-7-18(17)23-25-21/h4-5,8-13,16,18,31H,1-3,6-7,14-15H2,(H,25,27);2-3,6-7,9-12,14,20H,4-5,8,13H2,1H3,(H,23,25). The van der Waals surface area contributed by atoms with Gasteiger partial charge in [0.2, 0.25) is 0 Å². The van der Waals surface area contributed by atoms with Crippen LogP contribution in [0.3, 0.4) is 0 Å². The Balaban J connectivity index is 0.000000158. The summed E-state index contributed by atoms with van der Waals surface area (Å²) in [4.78, 5) is 29.7. The van der Waals surface area contributed by atoms with Gasteiger partial charge in [0, 0.05) is 48.1 Å². The molecule has 4 aromatic heterocycles. The summed E-state index contributed by atoms with van der Waals surface area (Å²) in [5, 5.41) is 43.3. The molecule has 5 heterocycles. The first-order chi connectivity index (χ1) is 30.5. The van der Waals surface area contributed by atoms with Crippen molar-refractivity contribution in [2.75, 3.05) is 26.8 Å². The number of hydrogen-bond donors (Lipinski definition) is 3. The lowest BCUT2D eigenvalue weighted by Crippen LogP contribution is -2.44. The minimum absolute atomic E-state index is 0.00429. The highest BCUT2D eigenvalue weighted by Gasteiger charge is 2.28. The molecule has 0 spiro atoms. The van der Waals surface area contributed by atoms with Crippen LogP contribution in [0.15, 0.2) is 109 Å². The number of methoxy groups -OCH3 is 1. The lowest BCUT2D eigenvalue weighted by Gasteiger charge is -2.34. The van der Waals surface area contributed by atoms with Crippen LogP contribution in [0.1, 0.15) is 72.1 Å². The molecule has 2 amide bonds. The normalized spacial score (nSPS) is 15.7. The number of carbonyl (C=O) groups is 2. The van der Waals surface area contributed by atoms with E-state index >= 15 is 0 Å². The van der Waals surface area contributed by atoms with Gasteiger partial charge in [0.25, 0.3) is 11.8 Å². The molecule has 0 bridgehead atoms. The monoisotopic (exact) mass is 832 g/mol. The topological polar surface area (TPSA) is 189 Å². The molecule has 2 aliphatic rings. The van der Waals surface area contributed by atoms with Gasteiger partial charge in [-0.25, -0.2) is 9.36 Å². The average Bonchev–Trinajstić information content (AvgIpc) is 4.18. The molecule has 62 heavy (non-hydrogen) atoms. The number of para-hydroxylation sites is 2. The summed E-state index contributed by atoms with van der Waals surface area (Å²) >= 11 is 0. The van der Waals surface area contributed by atoms with Gasteiger partial charge in [0.15, 0.2) is 0 Å². The van der Waals surface area contributed by atoms with Gasteiger partial charge < -0.3 is 19.6 Å². The molecule has 1 saturated carbocycles. The Hall–Kier alpha value is -7.04. The molecule has 4 aromatic carbocycles. The van der Waals surface area contributed by atoms with Gasteiger partial charge in [-0.15, -0.1) is 10.2 Å². The Morgan fingerprint density at radius 1 is 0.694 bits per heavy atom. The smallest absolute Gasteiger partial charge is 0.255 e. The molecule has 0 radical (unpaired) electrons. The van der Waals surface area contributed by atoms with Crippen LogP contribution in [0, 0.1) is 0 Å². The van der Waals surface area contributed by atoms with Crippen LogP contribution in [-0.2, 0) is 4.74 Å². The van der Waals surface area contributed by atoms with Crippen molar-refractivity contribution >= 4 is 33.6 Å². The molecule has 1 unspecified atom stereocenters. The van der Waals surface area contributed by atoms with Gasteiger partial charge in [-0.05, 0) is 92.8 Å². The van der Waals surface area contributed by atoms with Crippen LogP contribution >= 0.6 is 0 Å². The zero-order valence-electron chi connectivity index (χ0n) is 34.5. The van der Waals surface area contributed by atoms with Crippen LogP contribution < -0.4 is 0 Å². The molecule has 1 saturated heterocycles. The fraction of sp³-hybridized carbons (Fsp3) is 0.304. The zero-order valence-corrected chi connectivity index (χ0v) is 34.5. The number of piperidine rings is 1. The number of rotatable bonds is 10. The van der Waals surface area contributed by atoms with Crippen molar-refractivity contribution in [2.45, 2.75) is 63.6 Å². The maximum Gasteiger partial charge on any atom is 0.255 e. The van der Waals surface area contributed by atoms with Gasteiger partial charge in [0.05, 0.1) is 41.4 Å². The highest BCUT2D eigenvalue weighted by molar-refractivity contribution is 5.96. The third-order valence-electron chi connectivity index (χ3n) is 11.8. The third kappa shape index (κ3) is 8.34. The van der Waals surface area contributed by atoms with Crippen LogP contribution in [0.25, 0.3) is 56.0 Å². The maximum absolute atomic E-state index is 13.1. The first-order valence-electron chi connectivity index (χ1n) is 21.2. The number of fused-ring (bicyclic) bond motifs is 2. The Labute approximate surface area is 357 Å². The van der Waals surface area contributed by atoms with E-state index in [0.717, 1.165) is 96.1 Å². The number of carbonyl (C=O) groups excluding carboxylic acids is 2. The van der Waals surface area contributed by atoms with Gasteiger partial charge >= 0.3 is 0 Å². The van der Waals surface area contributed by atoms with E-state index in [0.29, 0.717) is 29.1 Å². The zero-order chi connectivity index (χ0) is 42.4. The number of nitrogens with zero attached hydrogens (tertiary/aromatic N) is 10. The van der Waals surface area contributed by atoms with E-state index in [2.05, 4.69) is 41.0 Å². The van der Waals surface area contributed by atoms with E-state index in [1.807, 2.05) is 119 Å². The van der Waals surface area contributed by atoms with Crippen LogP contribution in [-0.4, -0.2) is 116 Å². The van der Waals surface area contributed by atoms with Crippen molar-refractivity contribution in [1.82, 2.24) is 60.2 Å². The van der Waals surface area contributed by atoms with Crippen LogP contribution in [0.4, 0.5) is 0 Å². The van der Waals surface area contributed by atoms with E-state index in [-0.39, 0.29) is 30.7 Å². The number of aliphatic hydroxyl groups is 1. The van der Waals surface area contributed by atoms with E-state index < -0.39 is 0 Å². The summed E-state index contributed by atoms with van der Waals surface area (Å²) in [5.74, 6) is -0.0323. The molecule has 3 N–H and O–H groups in total. The summed E-state index contributed by atoms with van der Waals surface area (Å²) in [6.45, 7) is 1.07. The predicted molar refractivity (Wildman–Crippen MR) is 234 cm³/mol. The summed E-state index contributed by atoms with van der Waals surface area (Å²) in [6, 6.07) is 30.8.